The van der Waals surface area contributed by atoms with Crippen molar-refractivity contribution in [2.75, 3.05) is 19.8 Å². The normalized spacial score (nSPS) is 12.8. The van der Waals surface area contributed by atoms with Gasteiger partial charge in [-0.05, 0) is 25.0 Å². The number of fused-ring (bicyclic) bond motifs is 1. The summed E-state index contributed by atoms with van der Waals surface area (Å²) in [6.07, 6.45) is 1.36. The number of amides is 1. The van der Waals surface area contributed by atoms with Gasteiger partial charge in [0.25, 0.3) is 5.91 Å². The summed E-state index contributed by atoms with van der Waals surface area (Å²) in [5.74, 6) is 0.952. The van der Waals surface area contributed by atoms with Crippen LogP contribution in [0.25, 0.3) is 0 Å². The van der Waals surface area contributed by atoms with Gasteiger partial charge in [0.2, 0.25) is 0 Å². The maximum Gasteiger partial charge on any atom is 0.255 e. The van der Waals surface area contributed by atoms with Gasteiger partial charge in [0, 0.05) is 6.54 Å². The molecule has 0 bridgehead atoms. The summed E-state index contributed by atoms with van der Waals surface area (Å²) < 4.78 is 10.9. The number of para-hydroxylation sites is 1. The standard InChI is InChI=1S/C13H16N2O3S/c14-11(19)5-2-6-15-13(16)9-3-1-4-10-12(9)18-8-7-17-10/h1,3-4H,2,5-8H2,(H2,14,19)(H,15,16). The van der Waals surface area contributed by atoms with Crippen LogP contribution in [0.15, 0.2) is 18.2 Å². The summed E-state index contributed by atoms with van der Waals surface area (Å²) in [4.78, 5) is 12.5. The predicted molar refractivity (Wildman–Crippen MR) is 75.8 cm³/mol. The zero-order valence-electron chi connectivity index (χ0n) is 10.5. The maximum absolute atomic E-state index is 12.1. The summed E-state index contributed by atoms with van der Waals surface area (Å²) in [5, 5.41) is 2.81. The average Bonchev–Trinajstić information content (AvgIpc) is 2.42. The Morgan fingerprint density at radius 1 is 1.37 bits per heavy atom. The van der Waals surface area contributed by atoms with Crippen molar-refractivity contribution in [2.24, 2.45) is 5.73 Å². The van der Waals surface area contributed by atoms with Gasteiger partial charge in [0.05, 0.1) is 10.6 Å². The Bertz CT molecular complexity index is 491. The Morgan fingerprint density at radius 3 is 2.95 bits per heavy atom. The lowest BCUT2D eigenvalue weighted by atomic mass is 10.1. The lowest BCUT2D eigenvalue weighted by molar-refractivity contribution is 0.0942. The number of benzene rings is 1. The van der Waals surface area contributed by atoms with E-state index in [0.717, 1.165) is 6.42 Å². The van der Waals surface area contributed by atoms with Crippen LogP contribution in [-0.4, -0.2) is 30.7 Å². The highest BCUT2D eigenvalue weighted by Gasteiger charge is 2.19. The van der Waals surface area contributed by atoms with Gasteiger partial charge in [-0.3, -0.25) is 4.79 Å². The van der Waals surface area contributed by atoms with Gasteiger partial charge in [-0.25, -0.2) is 0 Å². The van der Waals surface area contributed by atoms with Crippen molar-refractivity contribution in [2.45, 2.75) is 12.8 Å². The van der Waals surface area contributed by atoms with Crippen LogP contribution in [0.1, 0.15) is 23.2 Å². The summed E-state index contributed by atoms with van der Waals surface area (Å²) in [6.45, 7) is 1.49. The molecule has 1 heterocycles. The van der Waals surface area contributed by atoms with Crippen LogP contribution in [0.5, 0.6) is 11.5 Å². The molecule has 0 atom stereocenters. The van der Waals surface area contributed by atoms with Crippen LogP contribution in [0.2, 0.25) is 0 Å². The van der Waals surface area contributed by atoms with Crippen molar-refractivity contribution < 1.29 is 14.3 Å². The molecule has 0 radical (unpaired) electrons. The second kappa shape index (κ2) is 6.38. The zero-order valence-corrected chi connectivity index (χ0v) is 11.3. The van der Waals surface area contributed by atoms with E-state index in [0.29, 0.717) is 48.2 Å². The van der Waals surface area contributed by atoms with Gasteiger partial charge in [-0.15, -0.1) is 0 Å². The van der Waals surface area contributed by atoms with E-state index in [1.54, 1.807) is 18.2 Å². The van der Waals surface area contributed by atoms with E-state index >= 15 is 0 Å². The SMILES string of the molecule is NC(=S)CCCNC(=O)c1cccc2c1OCCO2. The van der Waals surface area contributed by atoms with Crippen LogP contribution in [-0.2, 0) is 0 Å². The smallest absolute Gasteiger partial charge is 0.255 e. The molecular formula is C13H16N2O3S. The molecule has 0 saturated carbocycles. The highest BCUT2D eigenvalue weighted by Crippen LogP contribution is 2.33. The van der Waals surface area contributed by atoms with E-state index in [2.05, 4.69) is 5.32 Å². The molecular weight excluding hydrogens is 264 g/mol. The minimum absolute atomic E-state index is 0.176. The molecule has 1 aliphatic rings. The highest BCUT2D eigenvalue weighted by atomic mass is 32.1. The second-order valence-corrected chi connectivity index (χ2v) is 4.68. The van der Waals surface area contributed by atoms with Crippen LogP contribution in [0.3, 0.4) is 0 Å². The molecule has 19 heavy (non-hydrogen) atoms. The summed E-state index contributed by atoms with van der Waals surface area (Å²) in [7, 11) is 0. The molecule has 0 unspecified atom stereocenters. The van der Waals surface area contributed by atoms with Crippen LogP contribution in [0.4, 0.5) is 0 Å². The largest absolute Gasteiger partial charge is 0.486 e. The van der Waals surface area contributed by atoms with Crippen molar-refractivity contribution in [3.05, 3.63) is 23.8 Å². The summed E-state index contributed by atoms with van der Waals surface area (Å²) in [6, 6.07) is 5.28. The molecule has 0 aromatic heterocycles. The molecule has 1 aromatic rings. The molecule has 1 amide bonds. The number of ether oxygens (including phenoxy) is 2. The van der Waals surface area contributed by atoms with E-state index in [-0.39, 0.29) is 5.91 Å². The third kappa shape index (κ3) is 3.57. The lowest BCUT2D eigenvalue weighted by Crippen LogP contribution is -2.27. The molecule has 5 nitrogen and oxygen atoms in total. The fraction of sp³-hybridized carbons (Fsp3) is 0.385. The summed E-state index contributed by atoms with van der Waals surface area (Å²) >= 11 is 4.78. The molecule has 2 rings (SSSR count). The first-order valence-corrected chi connectivity index (χ1v) is 6.54. The topological polar surface area (TPSA) is 73.6 Å². The minimum Gasteiger partial charge on any atom is -0.486 e. The number of carbonyl (C=O) groups excluding carboxylic acids is 1. The van der Waals surface area contributed by atoms with Crippen LogP contribution in [0, 0.1) is 0 Å². The molecule has 1 aromatic carbocycles. The van der Waals surface area contributed by atoms with E-state index < -0.39 is 0 Å². The Kier molecular flexibility index (Phi) is 4.57. The first-order valence-electron chi connectivity index (χ1n) is 6.13. The number of rotatable bonds is 5. The van der Waals surface area contributed by atoms with Crippen molar-refractivity contribution >= 4 is 23.1 Å². The maximum atomic E-state index is 12.1. The second-order valence-electron chi connectivity index (χ2n) is 4.16. The number of nitrogens with two attached hydrogens (primary N) is 1. The number of thiocarbonyl (C=S) groups is 1. The van der Waals surface area contributed by atoms with Crippen molar-refractivity contribution in [3.63, 3.8) is 0 Å². The Hall–Kier alpha value is -1.82. The minimum atomic E-state index is -0.176. The lowest BCUT2D eigenvalue weighted by Gasteiger charge is -2.20. The van der Waals surface area contributed by atoms with E-state index in [4.69, 9.17) is 27.4 Å². The van der Waals surface area contributed by atoms with Gasteiger partial charge in [-0.1, -0.05) is 18.3 Å². The fourth-order valence-electron chi connectivity index (χ4n) is 1.81. The van der Waals surface area contributed by atoms with Gasteiger partial charge < -0.3 is 20.5 Å². The monoisotopic (exact) mass is 280 g/mol. The fourth-order valence-corrected chi connectivity index (χ4v) is 1.96. The molecule has 0 spiro atoms. The van der Waals surface area contributed by atoms with Crippen molar-refractivity contribution in [1.29, 1.82) is 0 Å². The van der Waals surface area contributed by atoms with Crippen molar-refractivity contribution in [3.8, 4) is 11.5 Å². The van der Waals surface area contributed by atoms with Gasteiger partial charge in [0.1, 0.15) is 13.2 Å². The Morgan fingerprint density at radius 2 is 2.16 bits per heavy atom. The van der Waals surface area contributed by atoms with Gasteiger partial charge >= 0.3 is 0 Å². The molecule has 0 fully saturated rings. The average molecular weight is 280 g/mol. The number of hydrogen-bond acceptors (Lipinski definition) is 4. The third-order valence-corrected chi connectivity index (χ3v) is 2.90. The Balaban J connectivity index is 1.97. The molecule has 1 aliphatic heterocycles. The predicted octanol–water partition coefficient (Wildman–Crippen LogP) is 1.25. The zero-order chi connectivity index (χ0) is 13.7. The number of hydrogen-bond donors (Lipinski definition) is 2. The van der Waals surface area contributed by atoms with Crippen LogP contribution < -0.4 is 20.5 Å². The van der Waals surface area contributed by atoms with Crippen molar-refractivity contribution in [1.82, 2.24) is 5.32 Å². The first kappa shape index (κ1) is 13.6. The Labute approximate surface area is 117 Å². The van der Waals surface area contributed by atoms with Crippen LogP contribution >= 0.6 is 12.2 Å². The molecule has 6 heteroatoms. The van der Waals surface area contributed by atoms with E-state index in [1.165, 1.54) is 0 Å². The molecule has 3 N–H and O–H groups in total. The summed E-state index contributed by atoms with van der Waals surface area (Å²) in [5.41, 5.74) is 5.89. The molecule has 0 saturated heterocycles. The van der Waals surface area contributed by atoms with Gasteiger partial charge in [-0.2, -0.15) is 0 Å². The first-order chi connectivity index (χ1) is 9.18. The van der Waals surface area contributed by atoms with Gasteiger partial charge in [0.15, 0.2) is 11.5 Å². The molecule has 102 valence electrons. The molecule has 0 aliphatic carbocycles. The number of carbonyl (C=O) groups is 1. The van der Waals surface area contributed by atoms with E-state index in [9.17, 15) is 4.79 Å². The number of nitrogens with one attached hydrogen (secondary N) is 1. The third-order valence-electron chi connectivity index (χ3n) is 2.70. The van der Waals surface area contributed by atoms with E-state index in [1.807, 2.05) is 0 Å². The highest BCUT2D eigenvalue weighted by molar-refractivity contribution is 7.80. The quantitative estimate of drug-likeness (QED) is 0.627.